The van der Waals surface area contributed by atoms with Crippen LogP contribution in [0.1, 0.15) is 0 Å². The molecule has 1 unspecified atom stereocenters. The highest BCUT2D eigenvalue weighted by Gasteiger charge is 2.47. The lowest BCUT2D eigenvalue weighted by molar-refractivity contribution is -0.124. The summed E-state index contributed by atoms with van der Waals surface area (Å²) >= 11 is 1.26. The van der Waals surface area contributed by atoms with Crippen molar-refractivity contribution < 1.29 is 14.4 Å². The Balaban J connectivity index is 1.71. The molecule has 0 aliphatic carbocycles. The van der Waals surface area contributed by atoms with E-state index in [0.717, 1.165) is 16.2 Å². The van der Waals surface area contributed by atoms with E-state index in [1.54, 1.807) is 41.8 Å². The van der Waals surface area contributed by atoms with Crippen LogP contribution in [0.25, 0.3) is 0 Å². The summed E-state index contributed by atoms with van der Waals surface area (Å²) in [6, 6.07) is 9.13. The van der Waals surface area contributed by atoms with E-state index < -0.39 is 10.8 Å². The van der Waals surface area contributed by atoms with Crippen molar-refractivity contribution in [2.75, 3.05) is 0 Å². The van der Waals surface area contributed by atoms with Gasteiger partial charge in [-0.25, -0.2) is 5.01 Å². The lowest BCUT2D eigenvalue weighted by Gasteiger charge is -2.24. The summed E-state index contributed by atoms with van der Waals surface area (Å²) in [7, 11) is 0. The molecule has 0 radical (unpaired) electrons. The fourth-order valence-electron chi connectivity index (χ4n) is 2.51. The number of carbonyl (C=O) groups is 1. The third-order valence-corrected chi connectivity index (χ3v) is 4.88. The number of amides is 1. The second kappa shape index (κ2) is 5.66. The summed E-state index contributed by atoms with van der Waals surface area (Å²) in [5.74, 6) is 0.000545. The molecule has 0 saturated carbocycles. The average molecular weight is 342 g/mol. The highest BCUT2D eigenvalue weighted by Crippen LogP contribution is 2.49. The summed E-state index contributed by atoms with van der Waals surface area (Å²) in [4.78, 5) is 16.7. The van der Waals surface area contributed by atoms with Crippen molar-refractivity contribution in [1.29, 1.82) is 0 Å². The van der Waals surface area contributed by atoms with Crippen LogP contribution < -0.4 is 21.4 Å². The van der Waals surface area contributed by atoms with Crippen molar-refractivity contribution in [3.05, 3.63) is 77.4 Å². The Morgan fingerprint density at radius 1 is 1.29 bits per heavy atom. The Morgan fingerprint density at radius 2 is 2.12 bits per heavy atom. The number of hydrogen-bond acceptors (Lipinski definition) is 7. The maximum absolute atomic E-state index is 12.2. The Kier molecular flexibility index (Phi) is 3.47. The van der Waals surface area contributed by atoms with E-state index >= 15 is 0 Å². The van der Waals surface area contributed by atoms with E-state index in [0.29, 0.717) is 5.75 Å². The molecule has 8 heteroatoms. The number of hydrazine groups is 1. The summed E-state index contributed by atoms with van der Waals surface area (Å²) in [6.45, 7) is 0. The largest absolute Gasteiger partial charge is 0.463 e. The van der Waals surface area contributed by atoms with Gasteiger partial charge in [-0.1, -0.05) is 35.6 Å². The van der Waals surface area contributed by atoms with Gasteiger partial charge in [-0.2, -0.15) is 0 Å². The maximum atomic E-state index is 12.2. The first-order chi connectivity index (χ1) is 11.7. The third-order valence-electron chi connectivity index (χ3n) is 3.62. The zero-order chi connectivity index (χ0) is 16.6. The molecule has 1 atom stereocenters. The molecule has 7 nitrogen and oxygen atoms in total. The number of para-hydroxylation sites is 1. The summed E-state index contributed by atoms with van der Waals surface area (Å²) in [6.07, 6.45) is 8.58. The Hall–Kier alpha value is -2.84. The molecule has 0 bridgehead atoms. The van der Waals surface area contributed by atoms with E-state index in [4.69, 9.17) is 15.3 Å². The summed E-state index contributed by atoms with van der Waals surface area (Å²) < 4.78 is 5.96. The van der Waals surface area contributed by atoms with Gasteiger partial charge in [0.05, 0.1) is 11.9 Å². The van der Waals surface area contributed by atoms with Gasteiger partial charge >= 0.3 is 0 Å². The van der Waals surface area contributed by atoms with Crippen LogP contribution >= 0.6 is 11.8 Å². The van der Waals surface area contributed by atoms with Crippen LogP contribution in [0.2, 0.25) is 0 Å². The van der Waals surface area contributed by atoms with Crippen molar-refractivity contribution in [3.8, 4) is 5.75 Å². The topological polar surface area (TPSA) is 88.9 Å². The minimum Gasteiger partial charge on any atom is -0.463 e. The van der Waals surface area contributed by atoms with Crippen molar-refractivity contribution in [2.45, 2.75) is 4.93 Å². The van der Waals surface area contributed by atoms with Crippen molar-refractivity contribution in [2.24, 2.45) is 5.73 Å². The highest BCUT2D eigenvalue weighted by molar-refractivity contribution is 8.05. The van der Waals surface area contributed by atoms with E-state index in [2.05, 4.69) is 10.9 Å². The number of benzene rings is 1. The normalized spacial score (nSPS) is 24.3. The number of dihydropyridines is 1. The van der Waals surface area contributed by atoms with Crippen molar-refractivity contribution >= 4 is 17.7 Å². The molecule has 1 amide bonds. The van der Waals surface area contributed by atoms with Gasteiger partial charge in [0.1, 0.15) is 12.0 Å². The molecule has 3 heterocycles. The number of nitrogens with two attached hydrogens (primary N) is 1. The van der Waals surface area contributed by atoms with Gasteiger partial charge in [0, 0.05) is 22.9 Å². The maximum Gasteiger partial charge on any atom is 0.277 e. The number of fused-ring (bicyclic) bond motifs is 1. The Bertz CT molecular complexity index is 803. The van der Waals surface area contributed by atoms with E-state index in [1.165, 1.54) is 18.0 Å². The first-order valence-electron chi connectivity index (χ1n) is 7.18. The number of ether oxygens (including phenoxy) is 1. The fourth-order valence-corrected chi connectivity index (χ4v) is 3.66. The first-order valence-corrected chi connectivity index (χ1v) is 8.00. The smallest absolute Gasteiger partial charge is 0.277 e. The molecule has 0 saturated heterocycles. The molecule has 3 aliphatic rings. The van der Waals surface area contributed by atoms with Gasteiger partial charge in [-0.05, 0) is 18.2 Å². The number of nitrogens with one attached hydrogen (secondary N) is 2. The first kappa shape index (κ1) is 14.7. The highest BCUT2D eigenvalue weighted by atomic mass is 32.2. The molecular formula is C16H14N4O3S. The van der Waals surface area contributed by atoms with Crippen LogP contribution in [0.4, 0.5) is 0 Å². The van der Waals surface area contributed by atoms with Gasteiger partial charge in [-0.3, -0.25) is 4.79 Å². The molecule has 122 valence electrons. The zero-order valence-corrected chi connectivity index (χ0v) is 13.2. The fraction of sp³-hybridized carbons (Fsp3) is 0.0625. The van der Waals surface area contributed by atoms with Crippen molar-refractivity contribution in [3.63, 3.8) is 0 Å². The molecular weight excluding hydrogens is 328 g/mol. The zero-order valence-electron chi connectivity index (χ0n) is 12.4. The SMILES string of the molecule is NC(=O)C1(Oc2ccccc2)C=C2C(=CNC=C2N2C=CON2)S1. The average Bonchev–Trinajstić information content (AvgIpc) is 3.23. The van der Waals surface area contributed by atoms with Gasteiger partial charge in [0.15, 0.2) is 0 Å². The number of thioether (sulfide) groups is 1. The number of primary amides is 1. The van der Waals surface area contributed by atoms with Crippen LogP contribution in [0.3, 0.4) is 0 Å². The molecule has 24 heavy (non-hydrogen) atoms. The van der Waals surface area contributed by atoms with Crippen LogP contribution in [0.5, 0.6) is 5.75 Å². The van der Waals surface area contributed by atoms with E-state index in [-0.39, 0.29) is 0 Å². The lowest BCUT2D eigenvalue weighted by Crippen LogP contribution is -2.43. The quantitative estimate of drug-likeness (QED) is 0.763. The van der Waals surface area contributed by atoms with Gasteiger partial charge in [0.2, 0.25) is 0 Å². The lowest BCUT2D eigenvalue weighted by atomic mass is 10.1. The summed E-state index contributed by atoms with van der Waals surface area (Å²) in [5.41, 5.74) is 10.0. The number of nitrogens with zero attached hydrogens (tertiary/aromatic N) is 1. The molecule has 4 rings (SSSR count). The van der Waals surface area contributed by atoms with Gasteiger partial charge in [0.25, 0.3) is 10.8 Å². The minimum absolute atomic E-state index is 0.570. The molecule has 1 aromatic rings. The molecule has 3 aliphatic heterocycles. The Labute approximate surface area is 142 Å². The van der Waals surface area contributed by atoms with Gasteiger partial charge < -0.3 is 20.6 Å². The predicted molar refractivity (Wildman–Crippen MR) is 89.2 cm³/mol. The van der Waals surface area contributed by atoms with Crippen molar-refractivity contribution in [1.82, 2.24) is 15.9 Å². The number of rotatable bonds is 4. The standard InChI is InChI=1S/C16H14N4O3S/c17-15(21)16(23-11-4-2-1-3-5-11)8-12-13(20-6-7-22-19-20)9-18-10-14(12)24-16/h1-10,18-19H,(H2,17,21). The van der Waals surface area contributed by atoms with E-state index in [1.807, 2.05) is 18.2 Å². The van der Waals surface area contributed by atoms with E-state index in [9.17, 15) is 4.79 Å². The number of hydrogen-bond donors (Lipinski definition) is 3. The molecule has 0 fully saturated rings. The molecule has 0 aromatic heterocycles. The molecule has 4 N–H and O–H groups in total. The minimum atomic E-state index is -1.31. The van der Waals surface area contributed by atoms with Gasteiger partial charge in [-0.15, -0.1) is 0 Å². The van der Waals surface area contributed by atoms with Crippen LogP contribution in [0, 0.1) is 0 Å². The number of allylic oxidation sites excluding steroid dienone is 1. The summed E-state index contributed by atoms with van der Waals surface area (Å²) in [5, 5.41) is 4.75. The number of carbonyl (C=O) groups excluding carboxylic acids is 1. The second-order valence-corrected chi connectivity index (χ2v) is 6.43. The second-order valence-electron chi connectivity index (χ2n) is 5.18. The van der Waals surface area contributed by atoms with Crippen LogP contribution in [-0.2, 0) is 9.63 Å². The molecule has 1 aromatic carbocycles. The molecule has 0 spiro atoms. The predicted octanol–water partition coefficient (Wildman–Crippen LogP) is 1.43. The monoisotopic (exact) mass is 342 g/mol. The van der Waals surface area contributed by atoms with Crippen LogP contribution in [0.15, 0.2) is 77.4 Å². The van der Waals surface area contributed by atoms with Crippen LogP contribution in [-0.4, -0.2) is 15.8 Å². The Morgan fingerprint density at radius 3 is 2.83 bits per heavy atom. The third kappa shape index (κ3) is 2.41.